The number of carbonyl (C=O) groups is 1. The lowest BCUT2D eigenvalue weighted by molar-refractivity contribution is -0.121. The average Bonchev–Trinajstić information content (AvgIpc) is 2.97. The molecule has 0 aromatic carbocycles. The molecule has 20 heavy (non-hydrogen) atoms. The highest BCUT2D eigenvalue weighted by atomic mass is 32.1. The summed E-state index contributed by atoms with van der Waals surface area (Å²) in [5, 5.41) is 6.20. The van der Waals surface area contributed by atoms with E-state index in [4.69, 9.17) is 5.73 Å². The second kappa shape index (κ2) is 6.22. The molecule has 0 aliphatic heterocycles. The minimum atomic E-state index is 0.0511. The molecule has 0 bridgehead atoms. The number of thiazole rings is 1. The number of hydrogen-bond donors (Lipinski definition) is 2. The van der Waals surface area contributed by atoms with Crippen LogP contribution in [0.15, 0.2) is 5.38 Å². The van der Waals surface area contributed by atoms with E-state index < -0.39 is 0 Å². The molecule has 1 amide bonds. The van der Waals surface area contributed by atoms with Crippen molar-refractivity contribution in [1.29, 1.82) is 0 Å². The van der Waals surface area contributed by atoms with Crippen LogP contribution in [0.25, 0.3) is 0 Å². The Balaban J connectivity index is 1.90. The summed E-state index contributed by atoms with van der Waals surface area (Å²) in [4.78, 5) is 16.7. The van der Waals surface area contributed by atoms with Gasteiger partial charge >= 0.3 is 0 Å². The number of carbonyl (C=O) groups excluding carboxylic acids is 1. The number of rotatable bonds is 4. The minimum Gasteiger partial charge on any atom is -0.353 e. The normalized spacial score (nSPS) is 23.0. The molecule has 1 aromatic heterocycles. The Hall–Kier alpha value is -0.940. The molecule has 1 heterocycles. The zero-order chi connectivity index (χ0) is 14.8. The van der Waals surface area contributed by atoms with Gasteiger partial charge in [0.2, 0.25) is 5.91 Å². The smallest absolute Gasteiger partial charge is 0.226 e. The number of nitrogens with one attached hydrogen (secondary N) is 1. The first-order chi connectivity index (χ1) is 9.40. The average molecular weight is 295 g/mol. The Labute approximate surface area is 125 Å². The van der Waals surface area contributed by atoms with E-state index in [1.165, 1.54) is 0 Å². The summed E-state index contributed by atoms with van der Waals surface area (Å²) in [7, 11) is 0. The summed E-state index contributed by atoms with van der Waals surface area (Å²) in [6.45, 7) is 7.08. The Morgan fingerprint density at radius 2 is 2.25 bits per heavy atom. The van der Waals surface area contributed by atoms with Gasteiger partial charge in [0.15, 0.2) is 0 Å². The van der Waals surface area contributed by atoms with Gasteiger partial charge in [0, 0.05) is 16.8 Å². The molecule has 1 fully saturated rings. The van der Waals surface area contributed by atoms with Crippen LogP contribution in [0.4, 0.5) is 0 Å². The number of hydrogen-bond acceptors (Lipinski definition) is 4. The molecule has 2 rings (SSSR count). The van der Waals surface area contributed by atoms with E-state index in [2.05, 4.69) is 31.1 Å². The Kier molecular flexibility index (Phi) is 4.81. The second-order valence-electron chi connectivity index (χ2n) is 6.67. The van der Waals surface area contributed by atoms with Crippen molar-refractivity contribution in [2.45, 2.75) is 57.9 Å². The van der Waals surface area contributed by atoms with E-state index in [1.54, 1.807) is 11.3 Å². The molecule has 2 unspecified atom stereocenters. The maximum absolute atomic E-state index is 12.1. The Morgan fingerprint density at radius 1 is 1.50 bits per heavy atom. The molecule has 112 valence electrons. The van der Waals surface area contributed by atoms with Crippen LogP contribution in [0.5, 0.6) is 0 Å². The van der Waals surface area contributed by atoms with Crippen LogP contribution >= 0.6 is 11.3 Å². The number of nitrogens with two attached hydrogens (primary N) is 1. The van der Waals surface area contributed by atoms with Crippen LogP contribution in [0, 0.1) is 5.92 Å². The molecule has 0 radical (unpaired) electrons. The van der Waals surface area contributed by atoms with E-state index in [1.807, 2.05) is 5.38 Å². The Bertz CT molecular complexity index is 464. The summed E-state index contributed by atoms with van der Waals surface area (Å²) in [5.41, 5.74) is 6.67. The predicted octanol–water partition coefficient (Wildman–Crippen LogP) is 2.23. The number of nitrogens with zero attached hydrogens (tertiary/aromatic N) is 1. The standard InChI is InChI=1S/C15H25N3OS/c1-15(2,3)14-17-11(9-20-14)7-13(19)18-12-6-4-5-10(12)8-16/h9-10,12H,4-8,16H2,1-3H3,(H,18,19). The molecule has 3 N–H and O–H groups in total. The largest absolute Gasteiger partial charge is 0.353 e. The lowest BCUT2D eigenvalue weighted by Crippen LogP contribution is -2.40. The van der Waals surface area contributed by atoms with Crippen LogP contribution in [-0.2, 0) is 16.6 Å². The van der Waals surface area contributed by atoms with Gasteiger partial charge in [0.1, 0.15) is 0 Å². The fourth-order valence-corrected chi connectivity index (χ4v) is 3.57. The van der Waals surface area contributed by atoms with Crippen LogP contribution in [-0.4, -0.2) is 23.5 Å². The summed E-state index contributed by atoms with van der Waals surface area (Å²) in [5.74, 6) is 0.514. The summed E-state index contributed by atoms with van der Waals surface area (Å²) < 4.78 is 0. The van der Waals surface area contributed by atoms with Crippen molar-refractivity contribution >= 4 is 17.2 Å². The first-order valence-electron chi connectivity index (χ1n) is 7.34. The first kappa shape index (κ1) is 15.4. The first-order valence-corrected chi connectivity index (χ1v) is 8.22. The van der Waals surface area contributed by atoms with E-state index in [0.29, 0.717) is 18.9 Å². The highest BCUT2D eigenvalue weighted by Crippen LogP contribution is 2.26. The number of aromatic nitrogens is 1. The molecule has 0 saturated heterocycles. The topological polar surface area (TPSA) is 68.0 Å². The van der Waals surface area contributed by atoms with Crippen LogP contribution in [0.1, 0.15) is 50.7 Å². The molecule has 2 atom stereocenters. The third-order valence-corrected chi connectivity index (χ3v) is 5.16. The highest BCUT2D eigenvalue weighted by Gasteiger charge is 2.27. The molecule has 5 heteroatoms. The fourth-order valence-electron chi connectivity index (χ4n) is 2.66. The molecule has 4 nitrogen and oxygen atoms in total. The second-order valence-corrected chi connectivity index (χ2v) is 7.53. The van der Waals surface area contributed by atoms with Gasteiger partial charge in [-0.2, -0.15) is 0 Å². The minimum absolute atomic E-state index is 0.0511. The van der Waals surface area contributed by atoms with Crippen molar-refractivity contribution in [3.05, 3.63) is 16.1 Å². The number of amides is 1. The van der Waals surface area contributed by atoms with Gasteiger partial charge in [0.25, 0.3) is 0 Å². The van der Waals surface area contributed by atoms with Crippen molar-refractivity contribution in [2.75, 3.05) is 6.54 Å². The van der Waals surface area contributed by atoms with Gasteiger partial charge in [0.05, 0.1) is 17.1 Å². The summed E-state index contributed by atoms with van der Waals surface area (Å²) in [6, 6.07) is 0.258. The van der Waals surface area contributed by atoms with Crippen LogP contribution in [0.3, 0.4) is 0 Å². The molecular weight excluding hydrogens is 270 g/mol. The van der Waals surface area contributed by atoms with Gasteiger partial charge < -0.3 is 11.1 Å². The summed E-state index contributed by atoms with van der Waals surface area (Å²) >= 11 is 1.64. The van der Waals surface area contributed by atoms with Gasteiger partial charge in [-0.1, -0.05) is 27.2 Å². The molecule has 1 aliphatic carbocycles. The van der Waals surface area contributed by atoms with E-state index in [0.717, 1.165) is 30.0 Å². The molecular formula is C15H25N3OS. The van der Waals surface area contributed by atoms with Gasteiger partial charge in [-0.3, -0.25) is 4.79 Å². The Morgan fingerprint density at radius 3 is 2.85 bits per heavy atom. The van der Waals surface area contributed by atoms with Crippen LogP contribution in [0.2, 0.25) is 0 Å². The SMILES string of the molecule is CC(C)(C)c1nc(CC(=O)NC2CCCC2CN)cs1. The van der Waals surface area contributed by atoms with E-state index >= 15 is 0 Å². The van der Waals surface area contributed by atoms with Crippen molar-refractivity contribution in [1.82, 2.24) is 10.3 Å². The zero-order valence-corrected chi connectivity index (χ0v) is 13.4. The third-order valence-electron chi connectivity index (χ3n) is 3.84. The summed E-state index contributed by atoms with van der Waals surface area (Å²) in [6.07, 6.45) is 3.72. The van der Waals surface area contributed by atoms with Gasteiger partial charge in [-0.05, 0) is 25.3 Å². The maximum Gasteiger partial charge on any atom is 0.226 e. The van der Waals surface area contributed by atoms with Gasteiger partial charge in [-0.25, -0.2) is 4.98 Å². The van der Waals surface area contributed by atoms with Crippen molar-refractivity contribution in [3.8, 4) is 0 Å². The highest BCUT2D eigenvalue weighted by molar-refractivity contribution is 7.09. The molecule has 0 spiro atoms. The van der Waals surface area contributed by atoms with E-state index in [9.17, 15) is 4.79 Å². The molecule has 1 aliphatic rings. The van der Waals surface area contributed by atoms with Crippen molar-refractivity contribution in [3.63, 3.8) is 0 Å². The lowest BCUT2D eigenvalue weighted by atomic mass is 9.98. The maximum atomic E-state index is 12.1. The molecule has 1 saturated carbocycles. The quantitative estimate of drug-likeness (QED) is 0.895. The van der Waals surface area contributed by atoms with Gasteiger partial charge in [-0.15, -0.1) is 11.3 Å². The predicted molar refractivity (Wildman–Crippen MR) is 82.8 cm³/mol. The van der Waals surface area contributed by atoms with Crippen LogP contribution < -0.4 is 11.1 Å². The van der Waals surface area contributed by atoms with E-state index in [-0.39, 0.29) is 17.4 Å². The zero-order valence-electron chi connectivity index (χ0n) is 12.6. The van der Waals surface area contributed by atoms with Crippen molar-refractivity contribution < 1.29 is 4.79 Å². The molecule has 1 aromatic rings. The third kappa shape index (κ3) is 3.79. The fraction of sp³-hybridized carbons (Fsp3) is 0.733. The van der Waals surface area contributed by atoms with Crippen molar-refractivity contribution in [2.24, 2.45) is 11.7 Å². The lowest BCUT2D eigenvalue weighted by Gasteiger charge is -2.19. The monoisotopic (exact) mass is 295 g/mol.